The van der Waals surface area contributed by atoms with Crippen molar-refractivity contribution in [1.29, 1.82) is 0 Å². The second kappa shape index (κ2) is 11.9. The summed E-state index contributed by atoms with van der Waals surface area (Å²) in [5, 5.41) is 0. The van der Waals surface area contributed by atoms with Gasteiger partial charge in [0.1, 0.15) is 0 Å². The van der Waals surface area contributed by atoms with Gasteiger partial charge in [0.25, 0.3) is 0 Å². The van der Waals surface area contributed by atoms with Crippen LogP contribution in [0.1, 0.15) is 33.4 Å². The molecule has 0 saturated carbocycles. The zero-order valence-electron chi connectivity index (χ0n) is 17.7. The Morgan fingerprint density at radius 3 is 0.968 bits per heavy atom. The lowest BCUT2D eigenvalue weighted by atomic mass is 10.1. The normalized spacial score (nSPS) is 10.5. The minimum atomic E-state index is -0.794. The monoisotopic (exact) mass is 410 g/mol. The van der Waals surface area contributed by atoms with Crippen molar-refractivity contribution in [3.8, 4) is 0 Å². The van der Waals surface area contributed by atoms with Crippen LogP contribution in [0.3, 0.4) is 0 Å². The van der Waals surface area contributed by atoms with E-state index in [-0.39, 0.29) is 0 Å². The molecule has 0 aromatic heterocycles. The van der Waals surface area contributed by atoms with E-state index in [0.29, 0.717) is 19.8 Å². The van der Waals surface area contributed by atoms with Crippen LogP contribution in [0.5, 0.6) is 0 Å². The van der Waals surface area contributed by atoms with Gasteiger partial charge in [-0.15, -0.1) is 0 Å². The Bertz CT molecular complexity index is 845. The Kier molecular flexibility index (Phi) is 8.62. The summed E-state index contributed by atoms with van der Waals surface area (Å²) in [5.41, 5.74) is 6.31. The van der Waals surface area contributed by atoms with E-state index in [1.807, 2.05) is 91.0 Å². The summed E-state index contributed by atoms with van der Waals surface area (Å²) in [7, 11) is -0.794. The first-order valence-corrected chi connectivity index (χ1v) is 10.2. The molecule has 0 amide bonds. The molecule has 0 unspecified atom stereocenters. The highest BCUT2D eigenvalue weighted by atomic mass is 16.7. The number of hydrogen-bond donors (Lipinski definition) is 0. The van der Waals surface area contributed by atoms with E-state index in [9.17, 15) is 0 Å². The summed E-state index contributed by atoms with van der Waals surface area (Å²) in [4.78, 5) is 0. The third kappa shape index (κ3) is 7.23. The molecule has 0 aliphatic heterocycles. The second-order valence-corrected chi connectivity index (χ2v) is 7.06. The van der Waals surface area contributed by atoms with E-state index < -0.39 is 7.32 Å². The van der Waals surface area contributed by atoms with Gasteiger partial charge >= 0.3 is 7.32 Å². The standard InChI is InChI=1S/C27H27BO3/c1-4-22-7-13-25(14-8-22)19-29-28(30-20-26-15-9-23(5-2)10-16-26)31-21-27-17-11-24(6-3)12-18-27/h4-18H,1-3,19-21H2. The van der Waals surface area contributed by atoms with Crippen molar-refractivity contribution in [2.75, 3.05) is 0 Å². The first kappa shape index (κ1) is 22.5. The predicted octanol–water partition coefficient (Wildman–Crippen LogP) is 6.55. The van der Waals surface area contributed by atoms with Crippen molar-refractivity contribution in [2.45, 2.75) is 19.8 Å². The van der Waals surface area contributed by atoms with Crippen molar-refractivity contribution >= 4 is 25.5 Å². The van der Waals surface area contributed by atoms with Crippen molar-refractivity contribution in [3.05, 3.63) is 126 Å². The summed E-state index contributed by atoms with van der Waals surface area (Å²) in [6.45, 7) is 12.5. The van der Waals surface area contributed by atoms with Gasteiger partial charge in [-0.05, 0) is 33.4 Å². The molecule has 156 valence electrons. The van der Waals surface area contributed by atoms with Crippen molar-refractivity contribution in [3.63, 3.8) is 0 Å². The van der Waals surface area contributed by atoms with Crippen LogP contribution in [0.25, 0.3) is 18.2 Å². The fourth-order valence-corrected chi connectivity index (χ4v) is 2.89. The highest BCUT2D eigenvalue weighted by Crippen LogP contribution is 2.13. The smallest absolute Gasteiger partial charge is 0.382 e. The minimum Gasteiger partial charge on any atom is -0.382 e. The average Bonchev–Trinajstić information content (AvgIpc) is 2.84. The van der Waals surface area contributed by atoms with Gasteiger partial charge in [-0.25, -0.2) is 0 Å². The predicted molar refractivity (Wildman–Crippen MR) is 130 cm³/mol. The highest BCUT2D eigenvalue weighted by molar-refractivity contribution is 6.36. The third-order valence-electron chi connectivity index (χ3n) is 4.80. The van der Waals surface area contributed by atoms with Crippen molar-refractivity contribution in [2.24, 2.45) is 0 Å². The summed E-state index contributed by atoms with van der Waals surface area (Å²) in [5.74, 6) is 0. The first-order chi connectivity index (χ1) is 15.2. The Balaban J connectivity index is 1.61. The molecule has 0 fully saturated rings. The number of rotatable bonds is 12. The summed E-state index contributed by atoms with van der Waals surface area (Å²) < 4.78 is 17.8. The van der Waals surface area contributed by atoms with E-state index in [1.54, 1.807) is 0 Å². The average molecular weight is 410 g/mol. The molecule has 0 spiro atoms. The fraction of sp³-hybridized carbons (Fsp3) is 0.111. The van der Waals surface area contributed by atoms with Crippen LogP contribution in [0, 0.1) is 0 Å². The quantitative estimate of drug-likeness (QED) is 0.317. The molecule has 0 aliphatic carbocycles. The molecule has 31 heavy (non-hydrogen) atoms. The van der Waals surface area contributed by atoms with Gasteiger partial charge in [0.05, 0.1) is 19.8 Å². The Labute approximate surface area is 185 Å². The molecule has 0 atom stereocenters. The van der Waals surface area contributed by atoms with E-state index in [1.165, 1.54) is 0 Å². The lowest BCUT2D eigenvalue weighted by Crippen LogP contribution is -2.27. The molecule has 3 aromatic carbocycles. The van der Waals surface area contributed by atoms with Gasteiger partial charge in [0, 0.05) is 0 Å². The van der Waals surface area contributed by atoms with E-state index in [4.69, 9.17) is 14.0 Å². The zero-order chi connectivity index (χ0) is 21.9. The molecule has 0 saturated heterocycles. The van der Waals surface area contributed by atoms with Crippen LogP contribution in [-0.2, 0) is 33.8 Å². The maximum Gasteiger partial charge on any atom is 0.640 e. The summed E-state index contributed by atoms with van der Waals surface area (Å²) >= 11 is 0. The van der Waals surface area contributed by atoms with Crippen LogP contribution in [0.4, 0.5) is 0 Å². The first-order valence-electron chi connectivity index (χ1n) is 10.2. The van der Waals surface area contributed by atoms with Crippen LogP contribution < -0.4 is 0 Å². The summed E-state index contributed by atoms with van der Waals surface area (Å²) in [6.07, 6.45) is 5.44. The van der Waals surface area contributed by atoms with Gasteiger partial charge in [-0.2, -0.15) is 0 Å². The van der Waals surface area contributed by atoms with E-state index >= 15 is 0 Å². The molecule has 0 aliphatic rings. The molecule has 3 nitrogen and oxygen atoms in total. The Morgan fingerprint density at radius 1 is 0.484 bits per heavy atom. The second-order valence-electron chi connectivity index (χ2n) is 7.06. The topological polar surface area (TPSA) is 27.7 Å². The van der Waals surface area contributed by atoms with Gasteiger partial charge in [-0.1, -0.05) is 111 Å². The number of benzene rings is 3. The number of hydrogen-bond acceptors (Lipinski definition) is 3. The fourth-order valence-electron chi connectivity index (χ4n) is 2.89. The molecule has 3 aromatic rings. The molecule has 0 radical (unpaired) electrons. The van der Waals surface area contributed by atoms with Crippen LogP contribution in [0.2, 0.25) is 0 Å². The van der Waals surface area contributed by atoms with Gasteiger partial charge in [-0.3, -0.25) is 0 Å². The Hall–Kier alpha value is -3.18. The van der Waals surface area contributed by atoms with Gasteiger partial charge in [0.15, 0.2) is 0 Å². The van der Waals surface area contributed by atoms with E-state index in [0.717, 1.165) is 33.4 Å². The van der Waals surface area contributed by atoms with Crippen molar-refractivity contribution < 1.29 is 14.0 Å². The molecule has 0 bridgehead atoms. The molecule has 3 rings (SSSR count). The van der Waals surface area contributed by atoms with Crippen LogP contribution >= 0.6 is 0 Å². The largest absolute Gasteiger partial charge is 0.640 e. The molecular weight excluding hydrogens is 383 g/mol. The van der Waals surface area contributed by atoms with Crippen molar-refractivity contribution in [1.82, 2.24) is 0 Å². The van der Waals surface area contributed by atoms with Crippen LogP contribution in [-0.4, -0.2) is 7.32 Å². The maximum absolute atomic E-state index is 5.93. The minimum absolute atomic E-state index is 0.382. The molecular formula is C27H27BO3. The molecule has 4 heteroatoms. The summed E-state index contributed by atoms with van der Waals surface area (Å²) in [6, 6.07) is 24.1. The maximum atomic E-state index is 5.93. The molecule has 0 N–H and O–H groups in total. The van der Waals surface area contributed by atoms with Crippen LogP contribution in [0.15, 0.2) is 92.5 Å². The van der Waals surface area contributed by atoms with Gasteiger partial charge < -0.3 is 14.0 Å². The van der Waals surface area contributed by atoms with E-state index in [2.05, 4.69) is 19.7 Å². The van der Waals surface area contributed by atoms with Gasteiger partial charge in [0.2, 0.25) is 0 Å². The zero-order valence-corrected chi connectivity index (χ0v) is 17.7. The lowest BCUT2D eigenvalue weighted by Gasteiger charge is -2.15. The Morgan fingerprint density at radius 2 is 0.742 bits per heavy atom. The third-order valence-corrected chi connectivity index (χ3v) is 4.80. The lowest BCUT2D eigenvalue weighted by molar-refractivity contribution is 0.0766. The molecule has 0 heterocycles. The SMILES string of the molecule is C=Cc1ccc(COB(OCc2ccc(C=C)cc2)OCc2ccc(C=C)cc2)cc1. The highest BCUT2D eigenvalue weighted by Gasteiger charge is 2.22.